The van der Waals surface area contributed by atoms with E-state index in [-0.39, 0.29) is 0 Å². The van der Waals surface area contributed by atoms with Crippen LogP contribution in [0.2, 0.25) is 0 Å². The molecule has 0 aromatic rings. The molecule has 0 fully saturated rings. The van der Waals surface area contributed by atoms with Crippen LogP contribution >= 0.6 is 0 Å². The molecule has 0 aliphatic rings. The summed E-state index contributed by atoms with van der Waals surface area (Å²) in [6, 6.07) is 0. The van der Waals surface area contributed by atoms with Crippen LogP contribution in [0, 0.1) is 0 Å². The Morgan fingerprint density at radius 2 is 1.90 bits per heavy atom. The zero-order valence-corrected chi connectivity index (χ0v) is 7.52. The van der Waals surface area contributed by atoms with E-state index in [1.165, 1.54) is 32.1 Å². The molecule has 0 aliphatic carbocycles. The average Bonchev–Trinajstić information content (AvgIpc) is 1.98. The van der Waals surface area contributed by atoms with Gasteiger partial charge in [-0.25, -0.2) is 0 Å². The predicted molar refractivity (Wildman–Crippen MR) is 45.2 cm³/mol. The first kappa shape index (κ1) is 9.96. The van der Waals surface area contributed by atoms with E-state index in [9.17, 15) is 0 Å². The molecule has 0 aromatic heterocycles. The van der Waals surface area contributed by atoms with Crippen molar-refractivity contribution in [3.63, 3.8) is 0 Å². The highest BCUT2D eigenvalue weighted by Crippen LogP contribution is 2.06. The standard InChI is InChI=1S/C9H20O/c1-4-5-6-7-8-9(2)10-3/h9H,4-8H2,1-3H3. The normalized spacial score (nSPS) is 13.5. The summed E-state index contributed by atoms with van der Waals surface area (Å²) in [5.74, 6) is 0. The summed E-state index contributed by atoms with van der Waals surface area (Å²) in [7, 11) is 1.78. The van der Waals surface area contributed by atoms with E-state index < -0.39 is 0 Å². The first-order chi connectivity index (χ1) is 4.81. The molecule has 1 unspecified atom stereocenters. The molecule has 0 aliphatic heterocycles. The molecule has 0 radical (unpaired) electrons. The molecule has 0 bridgehead atoms. The van der Waals surface area contributed by atoms with E-state index in [0.29, 0.717) is 6.10 Å². The van der Waals surface area contributed by atoms with Crippen LogP contribution in [0.25, 0.3) is 0 Å². The number of hydrogen-bond acceptors (Lipinski definition) is 1. The van der Waals surface area contributed by atoms with Crippen molar-refractivity contribution >= 4 is 0 Å². The number of rotatable bonds is 6. The van der Waals surface area contributed by atoms with Crippen LogP contribution in [0.5, 0.6) is 0 Å². The molecule has 0 saturated heterocycles. The van der Waals surface area contributed by atoms with E-state index >= 15 is 0 Å². The van der Waals surface area contributed by atoms with E-state index in [2.05, 4.69) is 13.8 Å². The maximum absolute atomic E-state index is 5.13. The Kier molecular flexibility index (Phi) is 7.04. The largest absolute Gasteiger partial charge is 0.382 e. The molecule has 0 aromatic carbocycles. The van der Waals surface area contributed by atoms with E-state index in [4.69, 9.17) is 4.74 Å². The van der Waals surface area contributed by atoms with Crippen LogP contribution in [0.3, 0.4) is 0 Å². The third-order valence-electron chi connectivity index (χ3n) is 1.87. The fraction of sp³-hybridized carbons (Fsp3) is 1.00. The number of hydrogen-bond donors (Lipinski definition) is 0. The Morgan fingerprint density at radius 1 is 1.20 bits per heavy atom. The molecule has 10 heavy (non-hydrogen) atoms. The lowest BCUT2D eigenvalue weighted by molar-refractivity contribution is 0.108. The minimum absolute atomic E-state index is 0.455. The molecule has 1 nitrogen and oxygen atoms in total. The van der Waals surface area contributed by atoms with Crippen molar-refractivity contribution in [3.8, 4) is 0 Å². The number of methoxy groups -OCH3 is 1. The highest BCUT2D eigenvalue weighted by molar-refractivity contribution is 4.49. The third kappa shape index (κ3) is 6.09. The Labute approximate surface area is 64.8 Å². The van der Waals surface area contributed by atoms with Crippen LogP contribution < -0.4 is 0 Å². The van der Waals surface area contributed by atoms with Crippen LogP contribution in [0.1, 0.15) is 46.0 Å². The highest BCUT2D eigenvalue weighted by Gasteiger charge is 1.96. The van der Waals surface area contributed by atoms with Crippen molar-refractivity contribution in [3.05, 3.63) is 0 Å². The molecule has 0 heterocycles. The molecule has 0 amide bonds. The second kappa shape index (κ2) is 7.07. The van der Waals surface area contributed by atoms with E-state index in [0.717, 1.165) is 0 Å². The number of ether oxygens (including phenoxy) is 1. The summed E-state index contributed by atoms with van der Waals surface area (Å²) < 4.78 is 5.13. The smallest absolute Gasteiger partial charge is 0.0543 e. The van der Waals surface area contributed by atoms with Gasteiger partial charge in [-0.15, -0.1) is 0 Å². The van der Waals surface area contributed by atoms with Crippen molar-refractivity contribution in [1.82, 2.24) is 0 Å². The van der Waals surface area contributed by atoms with Gasteiger partial charge in [-0.1, -0.05) is 32.6 Å². The monoisotopic (exact) mass is 144 g/mol. The zero-order valence-electron chi connectivity index (χ0n) is 7.52. The van der Waals surface area contributed by atoms with Crippen LogP contribution in [0.15, 0.2) is 0 Å². The van der Waals surface area contributed by atoms with Crippen LogP contribution in [0.4, 0.5) is 0 Å². The van der Waals surface area contributed by atoms with Crippen LogP contribution in [-0.2, 0) is 4.74 Å². The van der Waals surface area contributed by atoms with Crippen molar-refractivity contribution in [2.45, 2.75) is 52.1 Å². The first-order valence-corrected chi connectivity index (χ1v) is 4.34. The van der Waals surface area contributed by atoms with Crippen molar-refractivity contribution in [2.75, 3.05) is 7.11 Å². The third-order valence-corrected chi connectivity index (χ3v) is 1.87. The summed E-state index contributed by atoms with van der Waals surface area (Å²) in [4.78, 5) is 0. The lowest BCUT2D eigenvalue weighted by Gasteiger charge is -2.07. The van der Waals surface area contributed by atoms with Gasteiger partial charge >= 0.3 is 0 Å². The van der Waals surface area contributed by atoms with Crippen molar-refractivity contribution in [1.29, 1.82) is 0 Å². The van der Waals surface area contributed by atoms with Gasteiger partial charge in [-0.05, 0) is 13.3 Å². The van der Waals surface area contributed by atoms with Gasteiger partial charge in [0.15, 0.2) is 0 Å². The Morgan fingerprint density at radius 3 is 2.40 bits per heavy atom. The van der Waals surface area contributed by atoms with Crippen LogP contribution in [-0.4, -0.2) is 13.2 Å². The fourth-order valence-corrected chi connectivity index (χ4v) is 0.976. The molecule has 0 saturated carbocycles. The van der Waals surface area contributed by atoms with Gasteiger partial charge in [0.25, 0.3) is 0 Å². The quantitative estimate of drug-likeness (QED) is 0.521. The summed E-state index contributed by atoms with van der Waals surface area (Å²) in [6.07, 6.45) is 7.05. The summed E-state index contributed by atoms with van der Waals surface area (Å²) in [5.41, 5.74) is 0. The van der Waals surface area contributed by atoms with Gasteiger partial charge in [-0.3, -0.25) is 0 Å². The molecule has 1 heteroatoms. The molecule has 1 atom stereocenters. The van der Waals surface area contributed by atoms with E-state index in [1.54, 1.807) is 7.11 Å². The Bertz CT molecular complexity index is 61.7. The fourth-order valence-electron chi connectivity index (χ4n) is 0.976. The average molecular weight is 144 g/mol. The lowest BCUT2D eigenvalue weighted by atomic mass is 10.1. The second-order valence-corrected chi connectivity index (χ2v) is 2.90. The minimum atomic E-state index is 0.455. The zero-order chi connectivity index (χ0) is 7.82. The molecule has 62 valence electrons. The Balaban J connectivity index is 2.89. The van der Waals surface area contributed by atoms with Crippen molar-refractivity contribution < 1.29 is 4.74 Å². The van der Waals surface area contributed by atoms with Gasteiger partial charge in [0, 0.05) is 7.11 Å². The lowest BCUT2D eigenvalue weighted by Crippen LogP contribution is -2.03. The summed E-state index contributed by atoms with van der Waals surface area (Å²) in [6.45, 7) is 4.37. The van der Waals surface area contributed by atoms with Gasteiger partial charge in [-0.2, -0.15) is 0 Å². The SMILES string of the molecule is CCCCCCC(C)OC. The first-order valence-electron chi connectivity index (χ1n) is 4.34. The van der Waals surface area contributed by atoms with Gasteiger partial charge in [0.05, 0.1) is 6.10 Å². The van der Waals surface area contributed by atoms with Crippen molar-refractivity contribution in [2.24, 2.45) is 0 Å². The molecule has 0 N–H and O–H groups in total. The minimum Gasteiger partial charge on any atom is -0.382 e. The summed E-state index contributed by atoms with van der Waals surface area (Å²) >= 11 is 0. The maximum atomic E-state index is 5.13. The second-order valence-electron chi connectivity index (χ2n) is 2.90. The van der Waals surface area contributed by atoms with E-state index in [1.807, 2.05) is 0 Å². The predicted octanol–water partition coefficient (Wildman–Crippen LogP) is 2.99. The van der Waals surface area contributed by atoms with Gasteiger partial charge in [0.2, 0.25) is 0 Å². The Hall–Kier alpha value is -0.0400. The molecule has 0 rings (SSSR count). The number of unbranched alkanes of at least 4 members (excludes halogenated alkanes) is 3. The maximum Gasteiger partial charge on any atom is 0.0543 e. The molecule has 0 spiro atoms. The summed E-state index contributed by atoms with van der Waals surface area (Å²) in [5, 5.41) is 0. The van der Waals surface area contributed by atoms with Gasteiger partial charge < -0.3 is 4.74 Å². The topological polar surface area (TPSA) is 9.23 Å². The molecular weight excluding hydrogens is 124 g/mol. The van der Waals surface area contributed by atoms with Gasteiger partial charge in [0.1, 0.15) is 0 Å². The highest BCUT2D eigenvalue weighted by atomic mass is 16.5. The molecular formula is C9H20O.